The van der Waals surface area contributed by atoms with Gasteiger partial charge < -0.3 is 20.3 Å². The fourth-order valence-electron chi connectivity index (χ4n) is 8.49. The standard InChI is InChI=1S/C54H105NO5/c1-4-7-10-13-16-19-22-24-26-28-30-32-35-38-41-44-47-54(59)60-50(45-42-39-36-33-21-18-15-12-9-6-3)48-53(58)55-51(49-56)52(57)46-43-40-37-34-31-29-27-25-23-20-17-14-11-8-5-2/h26,28,50-52,56-57H,4-25,27,29-49H2,1-3H3,(H,55,58)/b28-26+. The highest BCUT2D eigenvalue weighted by molar-refractivity contribution is 5.77. The van der Waals surface area contributed by atoms with E-state index in [9.17, 15) is 19.8 Å². The largest absolute Gasteiger partial charge is 0.462 e. The number of rotatable bonds is 49. The van der Waals surface area contributed by atoms with Crippen LogP contribution in [0.2, 0.25) is 0 Å². The molecular formula is C54H105NO5. The van der Waals surface area contributed by atoms with Gasteiger partial charge in [-0.05, 0) is 51.4 Å². The first kappa shape index (κ1) is 58.6. The van der Waals surface area contributed by atoms with E-state index in [-0.39, 0.29) is 24.9 Å². The quantitative estimate of drug-likeness (QED) is 0.0322. The molecule has 3 atom stereocenters. The van der Waals surface area contributed by atoms with Crippen LogP contribution in [0.1, 0.15) is 297 Å². The maximum absolute atomic E-state index is 13.2. The highest BCUT2D eigenvalue weighted by Gasteiger charge is 2.24. The maximum Gasteiger partial charge on any atom is 0.306 e. The molecule has 0 aliphatic rings. The molecule has 0 aliphatic heterocycles. The first-order valence-corrected chi connectivity index (χ1v) is 26.9. The van der Waals surface area contributed by atoms with Gasteiger partial charge in [0, 0.05) is 6.42 Å². The highest BCUT2D eigenvalue weighted by atomic mass is 16.5. The Balaban J connectivity index is 4.44. The van der Waals surface area contributed by atoms with Crippen LogP contribution in [0.25, 0.3) is 0 Å². The molecule has 3 unspecified atom stereocenters. The minimum atomic E-state index is -0.783. The summed E-state index contributed by atoms with van der Waals surface area (Å²) >= 11 is 0. The maximum atomic E-state index is 13.2. The molecule has 0 heterocycles. The average Bonchev–Trinajstić information content (AvgIpc) is 3.24. The Bertz CT molecular complexity index is 909. The van der Waals surface area contributed by atoms with Crippen molar-refractivity contribution in [1.82, 2.24) is 5.32 Å². The minimum absolute atomic E-state index is 0.0812. The van der Waals surface area contributed by atoms with Crippen molar-refractivity contribution < 1.29 is 24.5 Å². The first-order chi connectivity index (χ1) is 29.5. The molecule has 0 spiro atoms. The Kier molecular flexibility index (Phi) is 47.5. The molecule has 0 rings (SSSR count). The molecule has 0 aliphatic carbocycles. The summed E-state index contributed by atoms with van der Waals surface area (Å²) in [6, 6.07) is -0.696. The van der Waals surface area contributed by atoms with E-state index in [0.29, 0.717) is 19.3 Å². The Morgan fingerprint density at radius 2 is 0.800 bits per heavy atom. The van der Waals surface area contributed by atoms with Crippen molar-refractivity contribution in [2.24, 2.45) is 0 Å². The zero-order valence-corrected chi connectivity index (χ0v) is 40.6. The van der Waals surface area contributed by atoms with Crippen molar-refractivity contribution in [2.75, 3.05) is 6.61 Å². The summed E-state index contributed by atoms with van der Waals surface area (Å²) in [5.41, 5.74) is 0. The smallest absolute Gasteiger partial charge is 0.306 e. The van der Waals surface area contributed by atoms with Crippen molar-refractivity contribution in [3.63, 3.8) is 0 Å². The molecule has 0 fully saturated rings. The molecule has 6 nitrogen and oxygen atoms in total. The predicted octanol–water partition coefficient (Wildman–Crippen LogP) is 16.1. The van der Waals surface area contributed by atoms with Gasteiger partial charge in [-0.1, -0.05) is 245 Å². The fourth-order valence-corrected chi connectivity index (χ4v) is 8.49. The molecule has 356 valence electrons. The number of hydrogen-bond acceptors (Lipinski definition) is 5. The minimum Gasteiger partial charge on any atom is -0.462 e. The van der Waals surface area contributed by atoms with Crippen molar-refractivity contribution >= 4 is 11.9 Å². The predicted molar refractivity (Wildman–Crippen MR) is 260 cm³/mol. The zero-order valence-electron chi connectivity index (χ0n) is 40.6. The van der Waals surface area contributed by atoms with Gasteiger partial charge in [0.2, 0.25) is 5.91 Å². The number of esters is 1. The van der Waals surface area contributed by atoms with E-state index in [1.54, 1.807) is 0 Å². The van der Waals surface area contributed by atoms with E-state index in [1.165, 1.54) is 199 Å². The van der Waals surface area contributed by atoms with E-state index >= 15 is 0 Å². The molecule has 0 aromatic rings. The Hall–Kier alpha value is -1.40. The number of nitrogens with one attached hydrogen (secondary N) is 1. The number of carbonyl (C=O) groups excluding carboxylic acids is 2. The van der Waals surface area contributed by atoms with Gasteiger partial charge in [0.05, 0.1) is 25.2 Å². The van der Waals surface area contributed by atoms with E-state index in [4.69, 9.17) is 4.74 Å². The molecule has 60 heavy (non-hydrogen) atoms. The molecule has 0 aromatic carbocycles. The van der Waals surface area contributed by atoms with Crippen LogP contribution < -0.4 is 5.32 Å². The Labute approximate surface area is 374 Å². The fraction of sp³-hybridized carbons (Fsp3) is 0.926. The molecule has 3 N–H and O–H groups in total. The van der Waals surface area contributed by atoms with Gasteiger partial charge in [0.1, 0.15) is 6.10 Å². The van der Waals surface area contributed by atoms with Gasteiger partial charge in [-0.25, -0.2) is 0 Å². The third-order valence-electron chi connectivity index (χ3n) is 12.6. The van der Waals surface area contributed by atoms with Crippen molar-refractivity contribution in [3.05, 3.63) is 12.2 Å². The third kappa shape index (κ3) is 43.3. The van der Waals surface area contributed by atoms with Crippen LogP contribution in [-0.4, -0.2) is 46.9 Å². The van der Waals surface area contributed by atoms with E-state index in [2.05, 4.69) is 38.2 Å². The third-order valence-corrected chi connectivity index (χ3v) is 12.6. The average molecular weight is 848 g/mol. The number of hydrogen-bond donors (Lipinski definition) is 3. The van der Waals surface area contributed by atoms with Crippen molar-refractivity contribution in [2.45, 2.75) is 315 Å². The molecule has 0 saturated heterocycles. The lowest BCUT2D eigenvalue weighted by Crippen LogP contribution is -2.46. The molecule has 0 radical (unpaired) electrons. The van der Waals surface area contributed by atoms with Crippen LogP contribution in [0.3, 0.4) is 0 Å². The summed E-state index contributed by atoms with van der Waals surface area (Å²) in [5.74, 6) is -0.467. The van der Waals surface area contributed by atoms with Crippen LogP contribution in [0.5, 0.6) is 0 Å². The van der Waals surface area contributed by atoms with Gasteiger partial charge in [0.15, 0.2) is 0 Å². The number of aliphatic hydroxyl groups excluding tert-OH is 2. The summed E-state index contributed by atoms with van der Waals surface area (Å²) < 4.78 is 5.93. The van der Waals surface area contributed by atoms with Crippen molar-refractivity contribution in [1.29, 1.82) is 0 Å². The summed E-state index contributed by atoms with van der Waals surface area (Å²) in [6.45, 7) is 6.50. The number of unbranched alkanes of at least 4 members (excludes halogenated alkanes) is 35. The van der Waals surface area contributed by atoms with Gasteiger partial charge in [-0.3, -0.25) is 9.59 Å². The van der Waals surface area contributed by atoms with Crippen LogP contribution >= 0.6 is 0 Å². The molecule has 0 saturated carbocycles. The van der Waals surface area contributed by atoms with Crippen LogP contribution in [-0.2, 0) is 14.3 Å². The monoisotopic (exact) mass is 848 g/mol. The summed E-state index contributed by atoms with van der Waals surface area (Å²) in [4.78, 5) is 26.1. The van der Waals surface area contributed by atoms with E-state index < -0.39 is 18.2 Å². The van der Waals surface area contributed by atoms with E-state index in [1.807, 2.05) is 0 Å². The van der Waals surface area contributed by atoms with Gasteiger partial charge >= 0.3 is 5.97 Å². The summed E-state index contributed by atoms with van der Waals surface area (Å²) in [6.07, 6.45) is 54.2. The lowest BCUT2D eigenvalue weighted by atomic mass is 10.0. The van der Waals surface area contributed by atoms with E-state index in [0.717, 1.165) is 51.4 Å². The Morgan fingerprint density at radius 1 is 0.467 bits per heavy atom. The second-order valence-electron chi connectivity index (χ2n) is 18.6. The summed E-state index contributed by atoms with van der Waals surface area (Å²) in [5, 5.41) is 23.8. The zero-order chi connectivity index (χ0) is 43.8. The molecule has 1 amide bonds. The highest BCUT2D eigenvalue weighted by Crippen LogP contribution is 2.18. The SMILES string of the molecule is CCCCCCCCC/C=C/CCCCCCCC(=O)OC(CCCCCCCCCCCC)CC(=O)NC(CO)C(O)CCCCCCCCCCCCCCCCC. The normalized spacial score (nSPS) is 13.2. The van der Waals surface area contributed by atoms with Crippen LogP contribution in [0.15, 0.2) is 12.2 Å². The molecule has 0 bridgehead atoms. The number of aliphatic hydroxyl groups is 2. The topological polar surface area (TPSA) is 95.9 Å². The molecule has 6 heteroatoms. The Morgan fingerprint density at radius 3 is 1.18 bits per heavy atom. The number of ether oxygens (including phenoxy) is 1. The number of amides is 1. The summed E-state index contributed by atoms with van der Waals surface area (Å²) in [7, 11) is 0. The van der Waals surface area contributed by atoms with Gasteiger partial charge in [0.25, 0.3) is 0 Å². The molecule has 0 aromatic heterocycles. The molecular weight excluding hydrogens is 743 g/mol. The van der Waals surface area contributed by atoms with Gasteiger partial charge in [-0.15, -0.1) is 0 Å². The first-order valence-electron chi connectivity index (χ1n) is 26.9. The van der Waals surface area contributed by atoms with Crippen molar-refractivity contribution in [3.8, 4) is 0 Å². The lowest BCUT2D eigenvalue weighted by molar-refractivity contribution is -0.151. The number of carbonyl (C=O) groups is 2. The van der Waals surface area contributed by atoms with Gasteiger partial charge in [-0.2, -0.15) is 0 Å². The second kappa shape index (κ2) is 48.6. The van der Waals surface area contributed by atoms with Crippen LogP contribution in [0, 0.1) is 0 Å². The second-order valence-corrected chi connectivity index (χ2v) is 18.6. The number of allylic oxidation sites excluding steroid dienone is 2. The lowest BCUT2D eigenvalue weighted by Gasteiger charge is -2.24. The van der Waals surface area contributed by atoms with Crippen LogP contribution in [0.4, 0.5) is 0 Å².